The van der Waals surface area contributed by atoms with Crippen LogP contribution >= 0.6 is 35.0 Å². The molecule has 1 amide bonds. The Hall–Kier alpha value is -1.44. The van der Waals surface area contributed by atoms with Crippen molar-refractivity contribution in [2.24, 2.45) is 5.92 Å². The van der Waals surface area contributed by atoms with Crippen LogP contribution < -0.4 is 11.2 Å². The number of nitrogens with zero attached hydrogens (tertiary/aromatic N) is 3. The number of nitrogens with one attached hydrogen (secondary N) is 1. The monoisotopic (exact) mass is 387 g/mol. The highest BCUT2D eigenvalue weighted by Crippen LogP contribution is 2.31. The summed E-state index contributed by atoms with van der Waals surface area (Å²) in [5.74, 6) is 6.77. The average molecular weight is 388 g/mol. The minimum atomic E-state index is -0.349. The summed E-state index contributed by atoms with van der Waals surface area (Å²) in [6.07, 6.45) is 0. The number of benzene rings is 1. The van der Waals surface area contributed by atoms with E-state index < -0.39 is 0 Å². The zero-order chi connectivity index (χ0) is 17.9. The molecule has 1 heterocycles. The van der Waals surface area contributed by atoms with Gasteiger partial charge in [-0.1, -0.05) is 48.8 Å². The van der Waals surface area contributed by atoms with Crippen LogP contribution in [0.3, 0.4) is 0 Å². The third-order valence-electron chi connectivity index (χ3n) is 3.17. The summed E-state index contributed by atoms with van der Waals surface area (Å²) in [7, 11) is 0. The Morgan fingerprint density at radius 3 is 2.71 bits per heavy atom. The number of carbonyl (C=O) groups is 1. The van der Waals surface area contributed by atoms with E-state index in [1.54, 1.807) is 25.1 Å². The number of hydrogen-bond donors (Lipinski definition) is 2. The Morgan fingerprint density at radius 2 is 2.04 bits per heavy atom. The van der Waals surface area contributed by atoms with Crippen molar-refractivity contribution in [3.8, 4) is 11.4 Å². The molecule has 0 aliphatic carbocycles. The first-order valence-electron chi connectivity index (χ1n) is 7.40. The van der Waals surface area contributed by atoms with E-state index in [0.29, 0.717) is 39.1 Å². The molecule has 24 heavy (non-hydrogen) atoms. The summed E-state index contributed by atoms with van der Waals surface area (Å²) in [6, 6.07) is 5.02. The van der Waals surface area contributed by atoms with Crippen molar-refractivity contribution in [3.63, 3.8) is 0 Å². The fourth-order valence-corrected chi connectivity index (χ4v) is 3.04. The number of hydrogen-bond acceptors (Lipinski definition) is 5. The van der Waals surface area contributed by atoms with E-state index in [-0.39, 0.29) is 11.2 Å². The molecule has 0 spiro atoms. The number of amides is 1. The van der Waals surface area contributed by atoms with E-state index in [1.165, 1.54) is 16.4 Å². The van der Waals surface area contributed by atoms with Crippen molar-refractivity contribution in [3.05, 3.63) is 28.2 Å². The van der Waals surface area contributed by atoms with Gasteiger partial charge in [0.25, 0.3) is 0 Å². The molecule has 1 atom stereocenters. The topological polar surface area (TPSA) is 85.8 Å². The highest BCUT2D eigenvalue weighted by molar-refractivity contribution is 8.00. The zero-order valence-corrected chi connectivity index (χ0v) is 15.9. The summed E-state index contributed by atoms with van der Waals surface area (Å²) in [4.78, 5) is 12.1. The Kier molecular flexibility index (Phi) is 6.37. The van der Waals surface area contributed by atoms with E-state index in [4.69, 9.17) is 29.0 Å². The molecule has 0 saturated heterocycles. The van der Waals surface area contributed by atoms with Gasteiger partial charge in [-0.05, 0) is 31.0 Å². The molecule has 6 nitrogen and oxygen atoms in total. The fourth-order valence-electron chi connectivity index (χ4n) is 1.87. The van der Waals surface area contributed by atoms with Crippen LogP contribution in [0.25, 0.3) is 11.4 Å². The molecule has 0 bridgehead atoms. The molecule has 0 saturated carbocycles. The first-order valence-corrected chi connectivity index (χ1v) is 9.03. The Labute approximate surface area is 155 Å². The second-order valence-electron chi connectivity index (χ2n) is 5.70. The highest BCUT2D eigenvalue weighted by atomic mass is 35.5. The molecule has 2 rings (SSSR count). The maximum Gasteiger partial charge on any atom is 0.233 e. The standard InChI is InChI=1S/C15H19Cl2N5OS/c1-8(2)7-19-14(23)9(3)24-15-21-20-13(22(15)18)11-6-10(16)4-5-12(11)17/h4-6,8-9H,7,18H2,1-3H3,(H,19,23)/t9-/m1/s1. The Balaban J connectivity index is 2.15. The van der Waals surface area contributed by atoms with Crippen molar-refractivity contribution in [1.29, 1.82) is 0 Å². The number of rotatable bonds is 6. The molecular formula is C15H19Cl2N5OS. The number of nitrogens with two attached hydrogens (primary N) is 1. The van der Waals surface area contributed by atoms with Gasteiger partial charge < -0.3 is 11.2 Å². The van der Waals surface area contributed by atoms with Crippen LogP contribution in [0.2, 0.25) is 10.0 Å². The summed E-state index contributed by atoms with van der Waals surface area (Å²) in [5.41, 5.74) is 0.586. The van der Waals surface area contributed by atoms with Crippen LogP contribution in [0, 0.1) is 5.92 Å². The van der Waals surface area contributed by atoms with Crippen molar-refractivity contribution in [2.75, 3.05) is 12.4 Å². The lowest BCUT2D eigenvalue weighted by molar-refractivity contribution is -0.120. The molecule has 0 aliphatic rings. The molecule has 3 N–H and O–H groups in total. The third-order valence-corrected chi connectivity index (χ3v) is 4.79. The number of nitrogen functional groups attached to an aromatic ring is 1. The predicted octanol–water partition coefficient (Wildman–Crippen LogP) is 3.22. The molecule has 0 aliphatic heterocycles. The quantitative estimate of drug-likeness (QED) is 0.586. The van der Waals surface area contributed by atoms with Crippen molar-refractivity contribution < 1.29 is 4.79 Å². The van der Waals surface area contributed by atoms with E-state index >= 15 is 0 Å². The lowest BCUT2D eigenvalue weighted by Gasteiger charge is -2.13. The molecule has 1 aromatic carbocycles. The summed E-state index contributed by atoms with van der Waals surface area (Å²) < 4.78 is 1.31. The van der Waals surface area contributed by atoms with E-state index in [0.717, 1.165) is 0 Å². The Bertz CT molecular complexity index is 735. The van der Waals surface area contributed by atoms with E-state index in [2.05, 4.69) is 15.5 Å². The summed E-state index contributed by atoms with van der Waals surface area (Å²) in [6.45, 7) is 6.49. The number of carbonyl (C=O) groups excluding carboxylic acids is 1. The summed E-state index contributed by atoms with van der Waals surface area (Å²) in [5, 5.41) is 12.1. The predicted molar refractivity (Wildman–Crippen MR) is 98.8 cm³/mol. The van der Waals surface area contributed by atoms with Crippen molar-refractivity contribution in [2.45, 2.75) is 31.2 Å². The Morgan fingerprint density at radius 1 is 1.33 bits per heavy atom. The maximum atomic E-state index is 12.1. The van der Waals surface area contributed by atoms with Gasteiger partial charge in [-0.25, -0.2) is 4.68 Å². The van der Waals surface area contributed by atoms with Crippen LogP contribution in [0.5, 0.6) is 0 Å². The first kappa shape index (κ1) is 18.9. The molecular weight excluding hydrogens is 369 g/mol. The zero-order valence-electron chi connectivity index (χ0n) is 13.6. The maximum absolute atomic E-state index is 12.1. The largest absolute Gasteiger partial charge is 0.355 e. The van der Waals surface area contributed by atoms with Gasteiger partial charge in [0, 0.05) is 17.1 Å². The molecule has 9 heteroatoms. The van der Waals surface area contributed by atoms with Crippen LogP contribution in [-0.2, 0) is 4.79 Å². The normalized spacial score (nSPS) is 12.4. The minimum Gasteiger partial charge on any atom is -0.355 e. The molecule has 130 valence electrons. The molecule has 2 aromatic rings. The van der Waals surface area contributed by atoms with Crippen LogP contribution in [-0.4, -0.2) is 32.6 Å². The van der Waals surface area contributed by atoms with Crippen LogP contribution in [0.1, 0.15) is 20.8 Å². The average Bonchev–Trinajstić information content (AvgIpc) is 2.88. The molecule has 0 radical (unpaired) electrons. The third kappa shape index (κ3) is 4.55. The minimum absolute atomic E-state index is 0.0703. The van der Waals surface area contributed by atoms with Gasteiger partial charge in [0.05, 0.1) is 10.3 Å². The lowest BCUT2D eigenvalue weighted by Crippen LogP contribution is -2.33. The lowest BCUT2D eigenvalue weighted by atomic mass is 10.2. The number of aromatic nitrogens is 3. The second-order valence-corrected chi connectivity index (χ2v) is 7.85. The van der Waals surface area contributed by atoms with Crippen molar-refractivity contribution in [1.82, 2.24) is 20.2 Å². The molecule has 0 unspecified atom stereocenters. The van der Waals surface area contributed by atoms with Gasteiger partial charge in [0.1, 0.15) is 0 Å². The highest BCUT2D eigenvalue weighted by Gasteiger charge is 2.21. The van der Waals surface area contributed by atoms with Gasteiger partial charge in [0.2, 0.25) is 11.1 Å². The van der Waals surface area contributed by atoms with Gasteiger partial charge in [0.15, 0.2) is 5.82 Å². The van der Waals surface area contributed by atoms with Gasteiger partial charge in [-0.15, -0.1) is 10.2 Å². The SMILES string of the molecule is CC(C)CNC(=O)[C@@H](C)Sc1nnc(-c2cc(Cl)ccc2Cl)n1N. The number of halogens is 2. The van der Waals surface area contributed by atoms with Crippen molar-refractivity contribution >= 4 is 40.9 Å². The molecule has 1 aromatic heterocycles. The first-order chi connectivity index (χ1) is 11.3. The number of thioether (sulfide) groups is 1. The van der Waals surface area contributed by atoms with Crippen LogP contribution in [0.4, 0.5) is 0 Å². The van der Waals surface area contributed by atoms with Crippen LogP contribution in [0.15, 0.2) is 23.4 Å². The summed E-state index contributed by atoms with van der Waals surface area (Å²) >= 11 is 13.4. The molecule has 0 fully saturated rings. The fraction of sp³-hybridized carbons (Fsp3) is 0.400. The second kappa shape index (κ2) is 8.09. The van der Waals surface area contributed by atoms with Gasteiger partial charge in [-0.2, -0.15) is 0 Å². The van der Waals surface area contributed by atoms with E-state index in [9.17, 15) is 4.79 Å². The van der Waals surface area contributed by atoms with Gasteiger partial charge >= 0.3 is 0 Å². The van der Waals surface area contributed by atoms with E-state index in [1.807, 2.05) is 13.8 Å². The smallest absolute Gasteiger partial charge is 0.233 e. The van der Waals surface area contributed by atoms with Gasteiger partial charge in [-0.3, -0.25) is 4.79 Å².